The third-order valence-corrected chi connectivity index (χ3v) is 4.16. The van der Waals surface area contributed by atoms with E-state index in [1.165, 1.54) is 2.88 Å². The number of hydrogen-bond donors (Lipinski definition) is 2. The molecule has 6 heteroatoms. The minimum Gasteiger partial charge on any atom is -0.394 e. The second-order valence-electron chi connectivity index (χ2n) is 3.42. The van der Waals surface area contributed by atoms with Crippen LogP contribution in [0.15, 0.2) is 12.4 Å². The smallest absolute Gasteiger partial charge is 0.138 e. The van der Waals surface area contributed by atoms with Crippen LogP contribution in [0.2, 0.25) is 0 Å². The molecule has 16 heavy (non-hydrogen) atoms. The number of halogens is 1. The quantitative estimate of drug-likeness (QED) is 0.833. The van der Waals surface area contributed by atoms with Gasteiger partial charge in [-0.25, -0.2) is 9.97 Å². The summed E-state index contributed by atoms with van der Waals surface area (Å²) in [7, 11) is 0. The highest BCUT2D eigenvalue weighted by Crippen LogP contribution is 2.29. The van der Waals surface area contributed by atoms with Gasteiger partial charge in [-0.15, -0.1) is 11.3 Å². The van der Waals surface area contributed by atoms with Crippen molar-refractivity contribution in [1.29, 1.82) is 0 Å². The lowest BCUT2D eigenvalue weighted by Crippen LogP contribution is -2.23. The van der Waals surface area contributed by atoms with Crippen molar-refractivity contribution in [1.82, 2.24) is 9.97 Å². The fraction of sp³-hybridized carbons (Fsp3) is 0.400. The summed E-state index contributed by atoms with van der Waals surface area (Å²) in [5.74, 6) is 0.810. The number of anilines is 1. The van der Waals surface area contributed by atoms with Gasteiger partial charge in [0.1, 0.15) is 17.0 Å². The van der Waals surface area contributed by atoms with Crippen LogP contribution in [0.1, 0.15) is 13.3 Å². The lowest BCUT2D eigenvalue weighted by atomic mass is 10.2. The van der Waals surface area contributed by atoms with E-state index in [4.69, 9.17) is 5.11 Å². The molecular weight excluding hydrogens is 337 g/mol. The van der Waals surface area contributed by atoms with Crippen molar-refractivity contribution in [2.75, 3.05) is 11.9 Å². The number of fused-ring (bicyclic) bond motifs is 1. The van der Waals surface area contributed by atoms with Gasteiger partial charge in [0.15, 0.2) is 0 Å². The molecule has 0 bridgehead atoms. The molecule has 0 amide bonds. The average Bonchev–Trinajstić information content (AvgIpc) is 2.67. The maximum atomic E-state index is 9.16. The molecule has 0 spiro atoms. The molecule has 86 valence electrons. The first-order chi connectivity index (χ1) is 7.74. The SMILES string of the molecule is CCC(CO)Nc1ncnc2sc(I)cc12. The molecule has 0 aliphatic rings. The summed E-state index contributed by atoms with van der Waals surface area (Å²) in [4.78, 5) is 9.43. The van der Waals surface area contributed by atoms with E-state index in [0.717, 1.165) is 22.5 Å². The van der Waals surface area contributed by atoms with E-state index < -0.39 is 0 Å². The molecule has 2 aromatic heterocycles. The van der Waals surface area contributed by atoms with E-state index in [1.807, 2.05) is 6.92 Å². The van der Waals surface area contributed by atoms with Crippen molar-refractivity contribution in [3.63, 3.8) is 0 Å². The van der Waals surface area contributed by atoms with Crippen LogP contribution in [0.4, 0.5) is 5.82 Å². The number of nitrogens with one attached hydrogen (secondary N) is 1. The Morgan fingerprint density at radius 1 is 1.56 bits per heavy atom. The second-order valence-corrected chi connectivity index (χ2v) is 6.35. The van der Waals surface area contributed by atoms with E-state index >= 15 is 0 Å². The van der Waals surface area contributed by atoms with Crippen LogP contribution in [-0.2, 0) is 0 Å². The summed E-state index contributed by atoms with van der Waals surface area (Å²) in [6, 6.07) is 2.11. The predicted molar refractivity (Wildman–Crippen MR) is 74.9 cm³/mol. The molecule has 0 radical (unpaired) electrons. The van der Waals surface area contributed by atoms with Crippen molar-refractivity contribution >= 4 is 50.0 Å². The number of thiophene rings is 1. The molecule has 2 heterocycles. The molecular formula is C10H12IN3OS. The molecule has 0 aliphatic carbocycles. The third-order valence-electron chi connectivity index (χ3n) is 2.35. The Morgan fingerprint density at radius 2 is 2.38 bits per heavy atom. The predicted octanol–water partition coefficient (Wildman–Crippen LogP) is 2.48. The summed E-state index contributed by atoms with van der Waals surface area (Å²) < 4.78 is 1.19. The zero-order valence-corrected chi connectivity index (χ0v) is 11.7. The molecule has 0 fully saturated rings. The summed E-state index contributed by atoms with van der Waals surface area (Å²) >= 11 is 3.92. The van der Waals surface area contributed by atoms with Gasteiger partial charge in [0.2, 0.25) is 0 Å². The summed E-state index contributed by atoms with van der Waals surface area (Å²) in [6.07, 6.45) is 2.42. The van der Waals surface area contributed by atoms with Crippen LogP contribution < -0.4 is 5.32 Å². The van der Waals surface area contributed by atoms with E-state index in [-0.39, 0.29) is 12.6 Å². The van der Waals surface area contributed by atoms with Gasteiger partial charge in [-0.3, -0.25) is 0 Å². The highest BCUT2D eigenvalue weighted by Gasteiger charge is 2.10. The van der Waals surface area contributed by atoms with Crippen LogP contribution >= 0.6 is 33.9 Å². The third kappa shape index (κ3) is 2.44. The second kappa shape index (κ2) is 5.24. The number of aliphatic hydroxyl groups is 1. The zero-order chi connectivity index (χ0) is 11.5. The first-order valence-electron chi connectivity index (χ1n) is 5.02. The average molecular weight is 349 g/mol. The Labute approximate surface area is 111 Å². The Morgan fingerprint density at radius 3 is 3.06 bits per heavy atom. The van der Waals surface area contributed by atoms with Crippen molar-refractivity contribution in [3.8, 4) is 0 Å². The molecule has 1 atom stereocenters. The lowest BCUT2D eigenvalue weighted by Gasteiger charge is -2.14. The number of hydrogen-bond acceptors (Lipinski definition) is 5. The number of rotatable bonds is 4. The van der Waals surface area contributed by atoms with Gasteiger partial charge in [0.25, 0.3) is 0 Å². The summed E-state index contributed by atoms with van der Waals surface area (Å²) in [5, 5.41) is 13.4. The maximum Gasteiger partial charge on any atom is 0.138 e. The number of nitrogens with zero attached hydrogens (tertiary/aromatic N) is 2. The molecule has 4 nitrogen and oxygen atoms in total. The molecule has 0 saturated carbocycles. The van der Waals surface area contributed by atoms with Gasteiger partial charge >= 0.3 is 0 Å². The molecule has 2 aromatic rings. The van der Waals surface area contributed by atoms with Crippen LogP contribution in [-0.4, -0.2) is 27.7 Å². The Hall–Kier alpha value is -0.470. The monoisotopic (exact) mass is 349 g/mol. The van der Waals surface area contributed by atoms with Gasteiger partial charge in [0.05, 0.1) is 20.9 Å². The molecule has 2 rings (SSSR count). The zero-order valence-electron chi connectivity index (χ0n) is 8.77. The van der Waals surface area contributed by atoms with Crippen molar-refractivity contribution in [3.05, 3.63) is 15.3 Å². The Kier molecular flexibility index (Phi) is 3.93. The number of aliphatic hydroxyl groups excluding tert-OH is 1. The van der Waals surface area contributed by atoms with Gasteiger partial charge in [-0.1, -0.05) is 6.92 Å². The first kappa shape index (κ1) is 12.0. The molecule has 0 aliphatic heterocycles. The Balaban J connectivity index is 2.36. The standard InChI is InChI=1S/C10H12IN3OS/c1-2-6(4-15)14-9-7-3-8(11)16-10(7)13-5-12-9/h3,5-6,15H,2,4H2,1H3,(H,12,13,14). The topological polar surface area (TPSA) is 58.0 Å². The van der Waals surface area contributed by atoms with E-state index in [2.05, 4.69) is 43.9 Å². The van der Waals surface area contributed by atoms with Gasteiger partial charge in [-0.2, -0.15) is 0 Å². The fourth-order valence-electron chi connectivity index (χ4n) is 1.41. The van der Waals surface area contributed by atoms with E-state index in [0.29, 0.717) is 0 Å². The first-order valence-corrected chi connectivity index (χ1v) is 6.91. The normalized spacial score (nSPS) is 12.9. The van der Waals surface area contributed by atoms with Crippen molar-refractivity contribution < 1.29 is 5.11 Å². The van der Waals surface area contributed by atoms with E-state index in [1.54, 1.807) is 17.7 Å². The van der Waals surface area contributed by atoms with Crippen LogP contribution in [0.5, 0.6) is 0 Å². The minimum absolute atomic E-state index is 0.0515. The lowest BCUT2D eigenvalue weighted by molar-refractivity contribution is 0.271. The fourth-order valence-corrected chi connectivity index (χ4v) is 3.08. The largest absolute Gasteiger partial charge is 0.394 e. The van der Waals surface area contributed by atoms with Crippen molar-refractivity contribution in [2.24, 2.45) is 0 Å². The molecule has 0 saturated heterocycles. The van der Waals surface area contributed by atoms with Crippen LogP contribution in [0, 0.1) is 2.88 Å². The van der Waals surface area contributed by atoms with Gasteiger partial charge in [0, 0.05) is 0 Å². The van der Waals surface area contributed by atoms with Crippen LogP contribution in [0.3, 0.4) is 0 Å². The molecule has 0 aromatic carbocycles. The maximum absolute atomic E-state index is 9.16. The minimum atomic E-state index is 0.0515. The molecule has 2 N–H and O–H groups in total. The Bertz CT molecular complexity index is 484. The summed E-state index contributed by atoms with van der Waals surface area (Å²) in [6.45, 7) is 2.15. The highest BCUT2D eigenvalue weighted by molar-refractivity contribution is 14.1. The van der Waals surface area contributed by atoms with Gasteiger partial charge in [-0.05, 0) is 35.1 Å². The van der Waals surface area contributed by atoms with Crippen molar-refractivity contribution in [2.45, 2.75) is 19.4 Å². The summed E-state index contributed by atoms with van der Waals surface area (Å²) in [5.41, 5.74) is 0. The van der Waals surface area contributed by atoms with Gasteiger partial charge < -0.3 is 10.4 Å². The molecule has 1 unspecified atom stereocenters. The number of aromatic nitrogens is 2. The van der Waals surface area contributed by atoms with Crippen LogP contribution in [0.25, 0.3) is 10.2 Å². The van der Waals surface area contributed by atoms with E-state index in [9.17, 15) is 0 Å². The highest BCUT2D eigenvalue weighted by atomic mass is 127.